The van der Waals surface area contributed by atoms with Crippen LogP contribution in [0.5, 0.6) is 0 Å². The van der Waals surface area contributed by atoms with Gasteiger partial charge < -0.3 is 4.98 Å². The summed E-state index contributed by atoms with van der Waals surface area (Å²) in [6, 6.07) is 8.43. The summed E-state index contributed by atoms with van der Waals surface area (Å²) in [4.78, 5) is 5.18. The second kappa shape index (κ2) is 6.22. The number of aromatic amines is 1. The van der Waals surface area contributed by atoms with Gasteiger partial charge in [-0.25, -0.2) is 13.2 Å². The fourth-order valence-electron chi connectivity index (χ4n) is 3.98. The number of hydrogen-bond donors (Lipinski definition) is 1. The van der Waals surface area contributed by atoms with Crippen LogP contribution in [-0.2, 0) is 6.42 Å². The minimum Gasteiger partial charge on any atom is -0.357 e. The summed E-state index contributed by atoms with van der Waals surface area (Å²) in [6.07, 6.45) is 6.22. The van der Waals surface area contributed by atoms with Gasteiger partial charge in [0.25, 0.3) is 0 Å². The van der Waals surface area contributed by atoms with Crippen molar-refractivity contribution in [2.24, 2.45) is 0 Å². The van der Waals surface area contributed by atoms with Crippen molar-refractivity contribution >= 4 is 10.9 Å². The lowest BCUT2D eigenvalue weighted by molar-refractivity contribution is 0.164. The van der Waals surface area contributed by atoms with E-state index in [4.69, 9.17) is 6.42 Å². The summed E-state index contributed by atoms with van der Waals surface area (Å²) in [5, 5.41) is 1.03. The highest BCUT2D eigenvalue weighted by Crippen LogP contribution is 2.42. The predicted molar refractivity (Wildman–Crippen MR) is 95.2 cm³/mol. The molecule has 5 heteroatoms. The SMILES string of the molecule is C#CCN1[C@@H](c2c(F)cc(F)cc2F)c2[nH]c3ccccc3c2C[C@@H]1C. The predicted octanol–water partition coefficient (Wildman–Crippen LogP) is 4.55. The van der Waals surface area contributed by atoms with Crippen LogP contribution in [-0.4, -0.2) is 22.5 Å². The molecule has 0 aliphatic carbocycles. The van der Waals surface area contributed by atoms with Gasteiger partial charge >= 0.3 is 0 Å². The van der Waals surface area contributed by atoms with Crippen LogP contribution in [0.3, 0.4) is 0 Å². The van der Waals surface area contributed by atoms with E-state index in [2.05, 4.69) is 10.9 Å². The van der Waals surface area contributed by atoms with Crippen molar-refractivity contribution in [1.29, 1.82) is 0 Å². The van der Waals surface area contributed by atoms with E-state index < -0.39 is 23.5 Å². The molecule has 26 heavy (non-hydrogen) atoms. The van der Waals surface area contributed by atoms with Crippen LogP contribution in [0.15, 0.2) is 36.4 Å². The highest BCUT2D eigenvalue weighted by molar-refractivity contribution is 5.85. The largest absolute Gasteiger partial charge is 0.357 e. The third-order valence-electron chi connectivity index (χ3n) is 5.11. The average molecular weight is 354 g/mol. The summed E-state index contributed by atoms with van der Waals surface area (Å²) in [6.45, 7) is 2.21. The molecule has 2 nitrogen and oxygen atoms in total. The highest BCUT2D eigenvalue weighted by Gasteiger charge is 2.38. The van der Waals surface area contributed by atoms with Crippen molar-refractivity contribution in [2.75, 3.05) is 6.54 Å². The molecule has 0 spiro atoms. The molecule has 0 radical (unpaired) electrons. The maximum atomic E-state index is 14.6. The first-order valence-electron chi connectivity index (χ1n) is 8.44. The Kier molecular flexibility index (Phi) is 4.01. The van der Waals surface area contributed by atoms with Crippen molar-refractivity contribution in [1.82, 2.24) is 9.88 Å². The zero-order valence-corrected chi connectivity index (χ0v) is 14.2. The summed E-state index contributed by atoms with van der Waals surface area (Å²) in [5.41, 5.74) is 2.46. The molecule has 2 atom stereocenters. The number of aromatic nitrogens is 1. The van der Waals surface area contributed by atoms with Crippen molar-refractivity contribution in [3.05, 3.63) is 70.7 Å². The fraction of sp³-hybridized carbons (Fsp3) is 0.238. The smallest absolute Gasteiger partial charge is 0.134 e. The molecule has 0 bridgehead atoms. The minimum absolute atomic E-state index is 0.0217. The number of nitrogens with zero attached hydrogens (tertiary/aromatic N) is 1. The maximum absolute atomic E-state index is 14.6. The van der Waals surface area contributed by atoms with Crippen molar-refractivity contribution < 1.29 is 13.2 Å². The number of nitrogens with one attached hydrogen (secondary N) is 1. The van der Waals surface area contributed by atoms with Gasteiger partial charge in [-0.2, -0.15) is 0 Å². The molecule has 0 saturated carbocycles. The van der Waals surface area contributed by atoms with E-state index in [1.165, 1.54) is 0 Å². The molecule has 0 amide bonds. The lowest BCUT2D eigenvalue weighted by atomic mass is 9.88. The van der Waals surface area contributed by atoms with Crippen LogP contribution in [0.4, 0.5) is 13.2 Å². The zero-order chi connectivity index (χ0) is 18.4. The van der Waals surface area contributed by atoms with Crippen molar-refractivity contribution in [2.45, 2.75) is 25.4 Å². The summed E-state index contributed by atoms with van der Waals surface area (Å²) in [7, 11) is 0. The van der Waals surface area contributed by atoms with Gasteiger partial charge in [0.15, 0.2) is 0 Å². The highest BCUT2D eigenvalue weighted by atomic mass is 19.1. The van der Waals surface area contributed by atoms with Crippen LogP contribution in [0.2, 0.25) is 0 Å². The van der Waals surface area contributed by atoms with E-state index in [0.29, 0.717) is 24.2 Å². The van der Waals surface area contributed by atoms with E-state index in [1.54, 1.807) is 0 Å². The first-order valence-corrected chi connectivity index (χ1v) is 8.44. The number of halogens is 3. The number of para-hydroxylation sites is 1. The second-order valence-corrected chi connectivity index (χ2v) is 6.68. The number of H-pyrrole nitrogens is 1. The lowest BCUT2D eigenvalue weighted by Gasteiger charge is -2.40. The molecule has 1 N–H and O–H groups in total. The Morgan fingerprint density at radius 1 is 1.19 bits per heavy atom. The molecule has 2 heterocycles. The molecular weight excluding hydrogens is 337 g/mol. The van der Waals surface area contributed by atoms with Gasteiger partial charge in [0, 0.05) is 40.3 Å². The van der Waals surface area contributed by atoms with Crippen LogP contribution < -0.4 is 0 Å². The number of rotatable bonds is 2. The number of benzene rings is 2. The van der Waals surface area contributed by atoms with Gasteiger partial charge in [-0.1, -0.05) is 24.1 Å². The molecule has 4 rings (SSSR count). The Morgan fingerprint density at radius 3 is 2.58 bits per heavy atom. The second-order valence-electron chi connectivity index (χ2n) is 6.68. The van der Waals surface area contributed by atoms with E-state index in [1.807, 2.05) is 36.1 Å². The van der Waals surface area contributed by atoms with Crippen LogP contribution in [0, 0.1) is 29.8 Å². The third-order valence-corrected chi connectivity index (χ3v) is 5.11. The van der Waals surface area contributed by atoms with E-state index >= 15 is 0 Å². The Balaban J connectivity index is 2.00. The number of fused-ring (bicyclic) bond motifs is 3. The van der Waals surface area contributed by atoms with Crippen molar-refractivity contribution in [3.63, 3.8) is 0 Å². The van der Waals surface area contributed by atoms with Gasteiger partial charge in [0.2, 0.25) is 0 Å². The molecule has 1 aliphatic rings. The fourth-order valence-corrected chi connectivity index (χ4v) is 3.98. The van der Waals surface area contributed by atoms with E-state index in [-0.39, 0.29) is 18.2 Å². The van der Waals surface area contributed by atoms with Gasteiger partial charge in [-0.15, -0.1) is 6.42 Å². The Morgan fingerprint density at radius 2 is 1.88 bits per heavy atom. The summed E-state index contributed by atoms with van der Waals surface area (Å²) >= 11 is 0. The van der Waals surface area contributed by atoms with Crippen molar-refractivity contribution in [3.8, 4) is 12.3 Å². The summed E-state index contributed by atoms with van der Waals surface area (Å²) in [5.74, 6) is -0.180. The normalized spacial score (nSPS) is 20.1. The molecule has 3 aromatic rings. The zero-order valence-electron chi connectivity index (χ0n) is 14.2. The van der Waals surface area contributed by atoms with Gasteiger partial charge in [0.05, 0.1) is 12.6 Å². The molecule has 1 aliphatic heterocycles. The van der Waals surface area contributed by atoms with Gasteiger partial charge in [0.1, 0.15) is 17.5 Å². The van der Waals surface area contributed by atoms with E-state index in [9.17, 15) is 13.2 Å². The standard InChI is InChI=1S/C21H17F3N2/c1-3-8-26-12(2)9-15-14-6-4-5-7-18(14)25-20(15)21(26)19-16(23)10-13(22)11-17(19)24/h1,4-7,10-12,21,25H,8-9H2,2H3/t12-,21-/m0/s1. The monoisotopic (exact) mass is 354 g/mol. The Hall–Kier alpha value is -2.71. The van der Waals surface area contributed by atoms with Gasteiger partial charge in [-0.3, -0.25) is 4.90 Å². The maximum Gasteiger partial charge on any atom is 0.134 e. The minimum atomic E-state index is -0.937. The Labute approximate surface area is 149 Å². The molecular formula is C21H17F3N2. The Bertz CT molecular complexity index is 1010. The molecule has 0 fully saturated rings. The van der Waals surface area contributed by atoms with Gasteiger partial charge in [-0.05, 0) is 25.0 Å². The van der Waals surface area contributed by atoms with Crippen LogP contribution in [0.1, 0.15) is 29.8 Å². The van der Waals surface area contributed by atoms with Crippen LogP contribution >= 0.6 is 0 Å². The molecule has 1 aromatic heterocycles. The molecule has 0 unspecified atom stereocenters. The number of terminal acetylenes is 1. The molecule has 0 saturated heterocycles. The van der Waals surface area contributed by atoms with Crippen LogP contribution in [0.25, 0.3) is 10.9 Å². The average Bonchev–Trinajstić information content (AvgIpc) is 2.95. The first kappa shape index (κ1) is 16.7. The van der Waals surface area contributed by atoms with E-state index in [0.717, 1.165) is 16.5 Å². The third kappa shape index (κ3) is 2.49. The quantitative estimate of drug-likeness (QED) is 0.669. The number of hydrogen-bond acceptors (Lipinski definition) is 1. The molecule has 2 aromatic carbocycles. The summed E-state index contributed by atoms with van der Waals surface area (Å²) < 4.78 is 42.7. The topological polar surface area (TPSA) is 19.0 Å². The first-order chi connectivity index (χ1) is 12.5. The lowest BCUT2D eigenvalue weighted by Crippen LogP contribution is -2.43. The molecule has 132 valence electrons.